The lowest BCUT2D eigenvalue weighted by molar-refractivity contribution is -0.0667. The smallest absolute Gasteiger partial charge is 0.194 e. The average molecular weight is 311 g/mol. The van der Waals surface area contributed by atoms with Crippen molar-refractivity contribution in [1.29, 1.82) is 0 Å². The molecule has 0 bridgehead atoms. The van der Waals surface area contributed by atoms with Gasteiger partial charge in [0.25, 0.3) is 0 Å². The van der Waals surface area contributed by atoms with Crippen molar-refractivity contribution >= 4 is 5.96 Å². The first-order valence-electron chi connectivity index (χ1n) is 9.08. The lowest BCUT2D eigenvalue weighted by atomic mass is 9.65. The second kappa shape index (κ2) is 8.19. The fourth-order valence-electron chi connectivity index (χ4n) is 2.97. The van der Waals surface area contributed by atoms with Gasteiger partial charge in [-0.15, -0.1) is 0 Å². The molecule has 1 saturated heterocycles. The van der Waals surface area contributed by atoms with E-state index in [1.807, 2.05) is 0 Å². The summed E-state index contributed by atoms with van der Waals surface area (Å²) in [6.45, 7) is 22.4. The van der Waals surface area contributed by atoms with E-state index in [0.29, 0.717) is 5.41 Å². The second-order valence-electron chi connectivity index (χ2n) is 7.50. The van der Waals surface area contributed by atoms with Crippen LogP contribution in [-0.4, -0.2) is 60.6 Å². The summed E-state index contributed by atoms with van der Waals surface area (Å²) in [4.78, 5) is 9.77. The molecule has 0 atom stereocenters. The van der Waals surface area contributed by atoms with Crippen LogP contribution in [0.5, 0.6) is 0 Å². The summed E-state index contributed by atoms with van der Waals surface area (Å²) in [6, 6.07) is 0. The number of rotatable bonds is 8. The standard InChI is InChI=1S/C18H38N4/c1-8-19-16(22-15-17(4,5)18(22,6)7)20-13-11-12-14-21(9-2)10-3/h8-15H2,1-7H3,(H,19,20). The summed E-state index contributed by atoms with van der Waals surface area (Å²) < 4.78 is 0. The van der Waals surface area contributed by atoms with Gasteiger partial charge in [0.2, 0.25) is 0 Å². The number of guanidine groups is 1. The van der Waals surface area contributed by atoms with Gasteiger partial charge >= 0.3 is 0 Å². The van der Waals surface area contributed by atoms with Gasteiger partial charge in [-0.05, 0) is 53.2 Å². The van der Waals surface area contributed by atoms with Crippen molar-refractivity contribution < 1.29 is 0 Å². The number of aliphatic imine (C=N–C) groups is 1. The largest absolute Gasteiger partial charge is 0.356 e. The minimum Gasteiger partial charge on any atom is -0.356 e. The van der Waals surface area contributed by atoms with E-state index in [0.717, 1.165) is 38.7 Å². The molecule has 0 unspecified atom stereocenters. The summed E-state index contributed by atoms with van der Waals surface area (Å²) in [5, 5.41) is 3.47. The molecular weight excluding hydrogens is 272 g/mol. The molecule has 0 aromatic heterocycles. The van der Waals surface area contributed by atoms with E-state index in [4.69, 9.17) is 4.99 Å². The number of unbranched alkanes of at least 4 members (excludes halogenated alkanes) is 1. The van der Waals surface area contributed by atoms with E-state index in [9.17, 15) is 0 Å². The van der Waals surface area contributed by atoms with Gasteiger partial charge in [0.05, 0.1) is 0 Å². The van der Waals surface area contributed by atoms with E-state index in [-0.39, 0.29) is 5.54 Å². The number of nitrogens with one attached hydrogen (secondary N) is 1. The lowest BCUT2D eigenvalue weighted by Gasteiger charge is -2.62. The van der Waals surface area contributed by atoms with Crippen molar-refractivity contribution in [2.75, 3.05) is 39.3 Å². The zero-order valence-electron chi connectivity index (χ0n) is 16.0. The highest BCUT2D eigenvalue weighted by Crippen LogP contribution is 2.46. The Labute approximate surface area is 138 Å². The van der Waals surface area contributed by atoms with Crippen molar-refractivity contribution in [3.8, 4) is 0 Å². The molecule has 0 aliphatic carbocycles. The Morgan fingerprint density at radius 2 is 1.73 bits per heavy atom. The maximum atomic E-state index is 4.86. The third kappa shape index (κ3) is 4.37. The van der Waals surface area contributed by atoms with Gasteiger partial charge in [-0.2, -0.15) is 0 Å². The zero-order valence-corrected chi connectivity index (χ0v) is 16.0. The Morgan fingerprint density at radius 3 is 2.18 bits per heavy atom. The maximum absolute atomic E-state index is 4.86. The zero-order chi connectivity index (χ0) is 16.8. The van der Waals surface area contributed by atoms with Gasteiger partial charge in [0.15, 0.2) is 5.96 Å². The quantitative estimate of drug-likeness (QED) is 0.424. The van der Waals surface area contributed by atoms with Crippen LogP contribution in [0.15, 0.2) is 4.99 Å². The molecule has 4 heteroatoms. The third-order valence-corrected chi connectivity index (χ3v) is 5.51. The van der Waals surface area contributed by atoms with Crippen LogP contribution in [0, 0.1) is 5.41 Å². The highest BCUT2D eigenvalue weighted by molar-refractivity contribution is 5.82. The molecule has 1 heterocycles. The maximum Gasteiger partial charge on any atom is 0.194 e. The molecular formula is C18H38N4. The molecule has 22 heavy (non-hydrogen) atoms. The number of likely N-dealkylation sites (tertiary alicyclic amines) is 1. The molecule has 4 nitrogen and oxygen atoms in total. The monoisotopic (exact) mass is 310 g/mol. The van der Waals surface area contributed by atoms with E-state index in [1.54, 1.807) is 0 Å². The fraction of sp³-hybridized carbons (Fsp3) is 0.944. The van der Waals surface area contributed by atoms with Crippen LogP contribution in [0.1, 0.15) is 61.3 Å². The van der Waals surface area contributed by atoms with Crippen LogP contribution in [0.25, 0.3) is 0 Å². The van der Waals surface area contributed by atoms with E-state index in [1.165, 1.54) is 19.4 Å². The second-order valence-corrected chi connectivity index (χ2v) is 7.50. The highest BCUT2D eigenvalue weighted by Gasteiger charge is 2.53. The molecule has 1 aliphatic rings. The van der Waals surface area contributed by atoms with Gasteiger partial charge in [-0.25, -0.2) is 0 Å². The van der Waals surface area contributed by atoms with E-state index < -0.39 is 0 Å². The molecule has 130 valence electrons. The van der Waals surface area contributed by atoms with Crippen LogP contribution < -0.4 is 5.32 Å². The van der Waals surface area contributed by atoms with Crippen LogP contribution in [0.4, 0.5) is 0 Å². The Hall–Kier alpha value is -0.770. The van der Waals surface area contributed by atoms with Crippen LogP contribution in [0.3, 0.4) is 0 Å². The molecule has 1 rings (SSSR count). The first-order chi connectivity index (χ1) is 10.3. The fourth-order valence-corrected chi connectivity index (χ4v) is 2.97. The normalized spacial score (nSPS) is 20.2. The summed E-state index contributed by atoms with van der Waals surface area (Å²) in [7, 11) is 0. The molecule has 0 saturated carbocycles. The van der Waals surface area contributed by atoms with Crippen LogP contribution in [0.2, 0.25) is 0 Å². The van der Waals surface area contributed by atoms with Crippen molar-refractivity contribution in [3.63, 3.8) is 0 Å². The van der Waals surface area contributed by atoms with Crippen molar-refractivity contribution in [2.45, 2.75) is 66.8 Å². The highest BCUT2D eigenvalue weighted by atomic mass is 15.4. The van der Waals surface area contributed by atoms with Crippen LogP contribution >= 0.6 is 0 Å². The van der Waals surface area contributed by atoms with Gasteiger partial charge in [-0.3, -0.25) is 4.99 Å². The van der Waals surface area contributed by atoms with Gasteiger partial charge < -0.3 is 15.1 Å². The Bertz CT molecular complexity index is 356. The first-order valence-corrected chi connectivity index (χ1v) is 9.08. The topological polar surface area (TPSA) is 30.9 Å². The number of nitrogens with zero attached hydrogens (tertiary/aromatic N) is 3. The van der Waals surface area contributed by atoms with E-state index in [2.05, 4.69) is 63.6 Å². The molecule has 1 aliphatic heterocycles. The van der Waals surface area contributed by atoms with Gasteiger partial charge in [0, 0.05) is 30.6 Å². The summed E-state index contributed by atoms with van der Waals surface area (Å²) in [5.74, 6) is 1.09. The molecule has 1 fully saturated rings. The molecule has 1 N–H and O–H groups in total. The predicted octanol–water partition coefficient (Wildman–Crippen LogP) is 3.19. The first kappa shape index (κ1) is 19.3. The van der Waals surface area contributed by atoms with E-state index >= 15 is 0 Å². The Balaban J connectivity index is 2.47. The van der Waals surface area contributed by atoms with Crippen molar-refractivity contribution in [1.82, 2.24) is 15.1 Å². The van der Waals surface area contributed by atoms with Gasteiger partial charge in [0.1, 0.15) is 0 Å². The lowest BCUT2D eigenvalue weighted by Crippen LogP contribution is -2.72. The summed E-state index contributed by atoms with van der Waals surface area (Å²) >= 11 is 0. The minimum absolute atomic E-state index is 0.176. The van der Waals surface area contributed by atoms with Gasteiger partial charge in [-0.1, -0.05) is 27.7 Å². The molecule has 0 radical (unpaired) electrons. The van der Waals surface area contributed by atoms with Crippen molar-refractivity contribution in [2.24, 2.45) is 10.4 Å². The number of hydrogen-bond donors (Lipinski definition) is 1. The van der Waals surface area contributed by atoms with Crippen LogP contribution in [-0.2, 0) is 0 Å². The van der Waals surface area contributed by atoms with Crippen molar-refractivity contribution in [3.05, 3.63) is 0 Å². The molecule has 0 amide bonds. The SMILES string of the molecule is CCNC(=NCCCCN(CC)CC)N1CC(C)(C)C1(C)C. The summed E-state index contributed by atoms with van der Waals surface area (Å²) in [5.41, 5.74) is 0.529. The number of hydrogen-bond acceptors (Lipinski definition) is 2. The Morgan fingerprint density at radius 1 is 1.09 bits per heavy atom. The Kier molecular flexibility index (Phi) is 7.17. The minimum atomic E-state index is 0.176. The third-order valence-electron chi connectivity index (χ3n) is 5.51. The summed E-state index contributed by atoms with van der Waals surface area (Å²) in [6.07, 6.45) is 2.41. The average Bonchev–Trinajstić information content (AvgIpc) is 2.47. The predicted molar refractivity (Wildman–Crippen MR) is 97.6 cm³/mol. The molecule has 0 spiro atoms. The molecule has 0 aromatic carbocycles. The molecule has 0 aromatic rings.